The van der Waals surface area contributed by atoms with E-state index in [4.69, 9.17) is 10.7 Å². The van der Waals surface area contributed by atoms with E-state index in [1.165, 1.54) is 0 Å². The van der Waals surface area contributed by atoms with Crippen LogP contribution >= 0.6 is 0 Å². The molecular weight excluding hydrogens is 264 g/mol. The summed E-state index contributed by atoms with van der Waals surface area (Å²) in [5.74, 6) is 1.18. The van der Waals surface area contributed by atoms with Crippen LogP contribution in [0.2, 0.25) is 0 Å². The summed E-state index contributed by atoms with van der Waals surface area (Å²) < 4.78 is 2.23. The summed E-state index contributed by atoms with van der Waals surface area (Å²) in [5, 5.41) is 3.03. The summed E-state index contributed by atoms with van der Waals surface area (Å²) in [6, 6.07) is 6.02. The molecule has 3 N–H and O–H groups in total. The van der Waals surface area contributed by atoms with Gasteiger partial charge in [0, 0.05) is 30.1 Å². The molecule has 1 fully saturated rings. The first-order valence-electron chi connectivity index (χ1n) is 7.40. The van der Waals surface area contributed by atoms with Gasteiger partial charge in [0.1, 0.15) is 5.82 Å². The highest BCUT2D eigenvalue weighted by Crippen LogP contribution is 2.28. The highest BCUT2D eigenvalue weighted by Gasteiger charge is 2.27. The molecule has 1 atom stereocenters. The summed E-state index contributed by atoms with van der Waals surface area (Å²) in [6.07, 6.45) is 1.51. The molecule has 1 aliphatic rings. The third-order valence-electron chi connectivity index (χ3n) is 3.93. The van der Waals surface area contributed by atoms with Crippen molar-refractivity contribution in [2.24, 2.45) is 0 Å². The lowest BCUT2D eigenvalue weighted by atomic mass is 9.95. The van der Waals surface area contributed by atoms with Crippen molar-refractivity contribution in [1.82, 2.24) is 14.9 Å². The minimum absolute atomic E-state index is 0.0591. The Kier molecular flexibility index (Phi) is 3.15. The standard InChI is InChI=1S/C16H22N4O/c1-16(2,3)15-19-12-8-10(17)4-6-13(12)20(15)9-11-5-7-14(21)18-11/h4,6,8,11H,5,7,9,17H2,1-3H3,(H,18,21). The van der Waals surface area contributed by atoms with E-state index in [1.807, 2.05) is 18.2 Å². The number of benzene rings is 1. The number of nitrogens with one attached hydrogen (secondary N) is 1. The largest absolute Gasteiger partial charge is 0.399 e. The number of imidazole rings is 1. The first-order valence-corrected chi connectivity index (χ1v) is 7.40. The molecule has 5 nitrogen and oxygen atoms in total. The normalized spacial score (nSPS) is 19.2. The Hall–Kier alpha value is -2.04. The number of carbonyl (C=O) groups excluding carboxylic acids is 1. The van der Waals surface area contributed by atoms with E-state index in [0.717, 1.165) is 35.5 Å². The van der Waals surface area contributed by atoms with Crippen molar-refractivity contribution in [3.63, 3.8) is 0 Å². The zero-order valence-corrected chi connectivity index (χ0v) is 12.8. The van der Waals surface area contributed by atoms with Gasteiger partial charge in [-0.05, 0) is 24.6 Å². The highest BCUT2D eigenvalue weighted by atomic mass is 16.1. The van der Waals surface area contributed by atoms with E-state index in [9.17, 15) is 4.79 Å². The molecule has 0 radical (unpaired) electrons. The summed E-state index contributed by atoms with van der Waals surface area (Å²) in [4.78, 5) is 16.2. The summed E-state index contributed by atoms with van der Waals surface area (Å²) in [6.45, 7) is 7.22. The Morgan fingerprint density at radius 3 is 2.81 bits per heavy atom. The average molecular weight is 286 g/mol. The second-order valence-corrected chi connectivity index (χ2v) is 6.85. The van der Waals surface area contributed by atoms with Crippen molar-refractivity contribution in [2.45, 2.75) is 51.6 Å². The second kappa shape index (κ2) is 4.76. The quantitative estimate of drug-likeness (QED) is 0.831. The predicted molar refractivity (Wildman–Crippen MR) is 84.0 cm³/mol. The monoisotopic (exact) mass is 286 g/mol. The molecule has 1 saturated heterocycles. The van der Waals surface area contributed by atoms with Crippen LogP contribution in [0.4, 0.5) is 5.69 Å². The number of hydrogen-bond acceptors (Lipinski definition) is 3. The van der Waals surface area contributed by atoms with Crippen molar-refractivity contribution in [2.75, 3.05) is 5.73 Å². The molecule has 1 aliphatic heterocycles. The molecule has 0 saturated carbocycles. The number of amides is 1. The maximum Gasteiger partial charge on any atom is 0.220 e. The predicted octanol–water partition coefficient (Wildman–Crippen LogP) is 2.19. The fourth-order valence-corrected chi connectivity index (χ4v) is 2.94. The highest BCUT2D eigenvalue weighted by molar-refractivity contribution is 5.80. The van der Waals surface area contributed by atoms with E-state index in [2.05, 4.69) is 30.7 Å². The van der Waals surface area contributed by atoms with Crippen LogP contribution in [0.1, 0.15) is 39.4 Å². The van der Waals surface area contributed by atoms with Gasteiger partial charge in [-0.25, -0.2) is 4.98 Å². The van der Waals surface area contributed by atoms with Crippen LogP contribution in [0.5, 0.6) is 0 Å². The number of hydrogen-bond donors (Lipinski definition) is 2. The number of nitrogens with zero attached hydrogens (tertiary/aromatic N) is 2. The van der Waals surface area contributed by atoms with Crippen molar-refractivity contribution < 1.29 is 4.79 Å². The first kappa shape index (κ1) is 13.9. The summed E-state index contributed by atoms with van der Waals surface area (Å²) in [5.41, 5.74) is 8.53. The third kappa shape index (κ3) is 2.60. The molecule has 1 unspecified atom stereocenters. The maximum atomic E-state index is 11.4. The number of carbonyl (C=O) groups is 1. The van der Waals surface area contributed by atoms with Gasteiger partial charge in [-0.2, -0.15) is 0 Å². The van der Waals surface area contributed by atoms with Gasteiger partial charge in [-0.3, -0.25) is 4.79 Å². The summed E-state index contributed by atoms with van der Waals surface area (Å²) in [7, 11) is 0. The number of rotatable bonds is 2. The smallest absolute Gasteiger partial charge is 0.220 e. The first-order chi connectivity index (χ1) is 9.84. The van der Waals surface area contributed by atoms with Crippen molar-refractivity contribution in [3.05, 3.63) is 24.0 Å². The molecule has 112 valence electrons. The van der Waals surface area contributed by atoms with Crippen LogP contribution in [0.3, 0.4) is 0 Å². The number of fused-ring (bicyclic) bond motifs is 1. The Morgan fingerprint density at radius 1 is 1.43 bits per heavy atom. The van der Waals surface area contributed by atoms with Gasteiger partial charge >= 0.3 is 0 Å². The fraction of sp³-hybridized carbons (Fsp3) is 0.500. The number of nitrogen functional groups attached to an aromatic ring is 1. The lowest BCUT2D eigenvalue weighted by Gasteiger charge is -2.22. The molecule has 2 heterocycles. The lowest BCUT2D eigenvalue weighted by Crippen LogP contribution is -2.31. The number of aromatic nitrogens is 2. The Morgan fingerprint density at radius 2 is 2.19 bits per heavy atom. The second-order valence-electron chi connectivity index (χ2n) is 6.85. The zero-order chi connectivity index (χ0) is 15.2. The molecule has 21 heavy (non-hydrogen) atoms. The van der Waals surface area contributed by atoms with Gasteiger partial charge in [0.05, 0.1) is 11.0 Å². The molecule has 5 heteroatoms. The number of anilines is 1. The molecule has 0 bridgehead atoms. The van der Waals surface area contributed by atoms with Crippen LogP contribution in [0, 0.1) is 0 Å². The molecule has 3 rings (SSSR count). The molecule has 1 amide bonds. The Bertz CT molecular complexity index is 696. The average Bonchev–Trinajstić information content (AvgIpc) is 2.93. The van der Waals surface area contributed by atoms with Crippen LogP contribution in [-0.4, -0.2) is 21.5 Å². The molecular formula is C16H22N4O. The Balaban J connectivity index is 2.07. The Labute approximate surface area is 124 Å². The van der Waals surface area contributed by atoms with Crippen LogP contribution < -0.4 is 11.1 Å². The van der Waals surface area contributed by atoms with Gasteiger partial charge in [0.2, 0.25) is 5.91 Å². The van der Waals surface area contributed by atoms with Crippen molar-refractivity contribution in [1.29, 1.82) is 0 Å². The van der Waals surface area contributed by atoms with Crippen LogP contribution in [0.15, 0.2) is 18.2 Å². The minimum atomic E-state index is -0.0591. The van der Waals surface area contributed by atoms with Crippen LogP contribution in [0.25, 0.3) is 11.0 Å². The van der Waals surface area contributed by atoms with Gasteiger partial charge in [-0.1, -0.05) is 20.8 Å². The van der Waals surface area contributed by atoms with Gasteiger partial charge < -0.3 is 15.6 Å². The van der Waals surface area contributed by atoms with Crippen molar-refractivity contribution >= 4 is 22.6 Å². The van der Waals surface area contributed by atoms with E-state index < -0.39 is 0 Å². The van der Waals surface area contributed by atoms with E-state index in [-0.39, 0.29) is 17.4 Å². The minimum Gasteiger partial charge on any atom is -0.399 e. The molecule has 0 spiro atoms. The summed E-state index contributed by atoms with van der Waals surface area (Å²) >= 11 is 0. The molecule has 0 aliphatic carbocycles. The SMILES string of the molecule is CC(C)(C)c1nc2cc(N)ccc2n1CC1CCC(=O)N1. The van der Waals surface area contributed by atoms with E-state index in [1.54, 1.807) is 0 Å². The lowest BCUT2D eigenvalue weighted by molar-refractivity contribution is -0.119. The molecule has 2 aromatic rings. The zero-order valence-electron chi connectivity index (χ0n) is 12.8. The van der Waals surface area contributed by atoms with Crippen LogP contribution in [-0.2, 0) is 16.8 Å². The van der Waals surface area contributed by atoms with Gasteiger partial charge in [-0.15, -0.1) is 0 Å². The molecule has 1 aromatic carbocycles. The van der Waals surface area contributed by atoms with E-state index in [0.29, 0.717) is 6.42 Å². The van der Waals surface area contributed by atoms with Gasteiger partial charge in [0.15, 0.2) is 0 Å². The number of nitrogens with two attached hydrogens (primary N) is 1. The topological polar surface area (TPSA) is 72.9 Å². The van der Waals surface area contributed by atoms with Gasteiger partial charge in [0.25, 0.3) is 0 Å². The maximum absolute atomic E-state index is 11.4. The van der Waals surface area contributed by atoms with Crippen molar-refractivity contribution in [3.8, 4) is 0 Å². The van der Waals surface area contributed by atoms with E-state index >= 15 is 0 Å². The fourth-order valence-electron chi connectivity index (χ4n) is 2.94. The third-order valence-corrected chi connectivity index (χ3v) is 3.93. The molecule has 1 aromatic heterocycles.